The van der Waals surface area contributed by atoms with Crippen molar-refractivity contribution in [3.63, 3.8) is 0 Å². The summed E-state index contributed by atoms with van der Waals surface area (Å²) >= 11 is 0. The van der Waals surface area contributed by atoms with Crippen LogP contribution in [0.15, 0.2) is 35.5 Å². The van der Waals surface area contributed by atoms with Gasteiger partial charge in [-0.2, -0.15) is 0 Å². The topological polar surface area (TPSA) is 17.1 Å². The van der Waals surface area contributed by atoms with Crippen LogP contribution in [0.2, 0.25) is 0 Å². The van der Waals surface area contributed by atoms with E-state index in [9.17, 15) is 4.79 Å². The smallest absolute Gasteiger partial charge is 0.149 e. The fourth-order valence-electron chi connectivity index (χ4n) is 1.24. The first kappa shape index (κ1) is 13.9. The van der Waals surface area contributed by atoms with Gasteiger partial charge in [0, 0.05) is 5.57 Å². The molecule has 0 amide bonds. The number of rotatable bonds is 6. The molecule has 15 heavy (non-hydrogen) atoms. The maximum Gasteiger partial charge on any atom is 0.149 e. The zero-order chi connectivity index (χ0) is 11.7. The fraction of sp³-hybridized carbons (Fsp3) is 0.500. The molecule has 1 atom stereocenters. The summed E-state index contributed by atoms with van der Waals surface area (Å²) in [6, 6.07) is 0. The Morgan fingerprint density at radius 1 is 1.20 bits per heavy atom. The number of allylic oxidation sites excluding steroid dienone is 6. The maximum absolute atomic E-state index is 10.6. The van der Waals surface area contributed by atoms with Gasteiger partial charge in [-0.05, 0) is 26.2 Å². The Morgan fingerprint density at radius 3 is 2.27 bits per heavy atom. The van der Waals surface area contributed by atoms with E-state index >= 15 is 0 Å². The standard InChI is InChI=1S/C14H22O/c1-5-12(4)10-13(6-2)8-9-14(7-3)11-15/h6-9,11-12H,5,10H2,1-4H3/b9-8-,13-6+,14-7+. The van der Waals surface area contributed by atoms with Crippen LogP contribution in [0.5, 0.6) is 0 Å². The van der Waals surface area contributed by atoms with Gasteiger partial charge in [0.05, 0.1) is 0 Å². The zero-order valence-corrected chi connectivity index (χ0v) is 10.3. The third-order valence-corrected chi connectivity index (χ3v) is 2.61. The number of hydrogen-bond acceptors (Lipinski definition) is 1. The van der Waals surface area contributed by atoms with Crippen LogP contribution < -0.4 is 0 Å². The van der Waals surface area contributed by atoms with Crippen LogP contribution in [0.3, 0.4) is 0 Å². The molecule has 0 aliphatic heterocycles. The van der Waals surface area contributed by atoms with E-state index in [1.165, 1.54) is 12.0 Å². The third kappa shape index (κ3) is 6.05. The first-order valence-electron chi connectivity index (χ1n) is 5.62. The van der Waals surface area contributed by atoms with Crippen LogP contribution >= 0.6 is 0 Å². The summed E-state index contributed by atoms with van der Waals surface area (Å²) in [4.78, 5) is 10.6. The Labute approximate surface area is 93.6 Å². The lowest BCUT2D eigenvalue weighted by molar-refractivity contribution is -0.104. The number of hydrogen-bond donors (Lipinski definition) is 0. The summed E-state index contributed by atoms with van der Waals surface area (Å²) in [6.45, 7) is 8.36. The molecule has 0 aromatic heterocycles. The summed E-state index contributed by atoms with van der Waals surface area (Å²) in [5.41, 5.74) is 2.03. The van der Waals surface area contributed by atoms with Gasteiger partial charge in [0.15, 0.2) is 0 Å². The van der Waals surface area contributed by atoms with Gasteiger partial charge in [0.1, 0.15) is 6.29 Å². The van der Waals surface area contributed by atoms with Crippen LogP contribution in [-0.4, -0.2) is 6.29 Å². The van der Waals surface area contributed by atoms with Gasteiger partial charge in [-0.1, -0.05) is 50.1 Å². The van der Waals surface area contributed by atoms with Crippen molar-refractivity contribution < 1.29 is 4.79 Å². The molecule has 0 spiro atoms. The van der Waals surface area contributed by atoms with Crippen molar-refractivity contribution in [2.75, 3.05) is 0 Å². The molecule has 0 aliphatic rings. The molecule has 1 nitrogen and oxygen atoms in total. The third-order valence-electron chi connectivity index (χ3n) is 2.61. The molecular formula is C14H22O. The van der Waals surface area contributed by atoms with Gasteiger partial charge < -0.3 is 0 Å². The summed E-state index contributed by atoms with van der Waals surface area (Å²) in [7, 11) is 0. The van der Waals surface area contributed by atoms with Crippen LogP contribution in [0, 0.1) is 5.92 Å². The quantitative estimate of drug-likeness (QED) is 0.364. The SMILES string of the molecule is C\C=C(/C=C\C(C=O)=C/C)CC(C)CC. The van der Waals surface area contributed by atoms with Crippen molar-refractivity contribution in [3.05, 3.63) is 35.5 Å². The van der Waals surface area contributed by atoms with Gasteiger partial charge in [0.2, 0.25) is 0 Å². The minimum absolute atomic E-state index is 0.700. The molecule has 0 fully saturated rings. The van der Waals surface area contributed by atoms with Crippen molar-refractivity contribution in [2.45, 2.75) is 40.5 Å². The summed E-state index contributed by atoms with van der Waals surface area (Å²) in [6.07, 6.45) is 11.0. The number of carbonyl (C=O) groups is 1. The highest BCUT2D eigenvalue weighted by atomic mass is 16.1. The molecule has 0 rings (SSSR count). The molecular weight excluding hydrogens is 184 g/mol. The highest BCUT2D eigenvalue weighted by Crippen LogP contribution is 2.15. The van der Waals surface area contributed by atoms with Crippen molar-refractivity contribution in [1.82, 2.24) is 0 Å². The highest BCUT2D eigenvalue weighted by molar-refractivity contribution is 5.77. The molecule has 84 valence electrons. The van der Waals surface area contributed by atoms with E-state index in [1.807, 2.05) is 32.1 Å². The Bertz CT molecular complexity index is 269. The minimum Gasteiger partial charge on any atom is -0.298 e. The lowest BCUT2D eigenvalue weighted by Gasteiger charge is -2.08. The second-order valence-corrected chi connectivity index (χ2v) is 3.82. The molecule has 0 N–H and O–H groups in total. The van der Waals surface area contributed by atoms with E-state index in [1.54, 1.807) is 0 Å². The second kappa shape index (κ2) is 8.22. The fourth-order valence-corrected chi connectivity index (χ4v) is 1.24. The first-order valence-corrected chi connectivity index (χ1v) is 5.62. The van der Waals surface area contributed by atoms with Gasteiger partial charge in [-0.3, -0.25) is 4.79 Å². The number of aldehydes is 1. The Morgan fingerprint density at radius 2 is 1.87 bits per heavy atom. The van der Waals surface area contributed by atoms with Crippen molar-refractivity contribution in [2.24, 2.45) is 5.92 Å². The summed E-state index contributed by atoms with van der Waals surface area (Å²) < 4.78 is 0. The van der Waals surface area contributed by atoms with Crippen molar-refractivity contribution >= 4 is 6.29 Å². The second-order valence-electron chi connectivity index (χ2n) is 3.82. The molecule has 0 heterocycles. The van der Waals surface area contributed by atoms with E-state index in [-0.39, 0.29) is 0 Å². The Kier molecular flexibility index (Phi) is 7.61. The van der Waals surface area contributed by atoms with E-state index in [0.717, 1.165) is 18.3 Å². The minimum atomic E-state index is 0.700. The van der Waals surface area contributed by atoms with Crippen LogP contribution in [0.4, 0.5) is 0 Å². The van der Waals surface area contributed by atoms with E-state index < -0.39 is 0 Å². The van der Waals surface area contributed by atoms with Crippen molar-refractivity contribution in [3.8, 4) is 0 Å². The van der Waals surface area contributed by atoms with Crippen LogP contribution in [0.25, 0.3) is 0 Å². The lowest BCUT2D eigenvalue weighted by Crippen LogP contribution is -1.93. The van der Waals surface area contributed by atoms with Gasteiger partial charge >= 0.3 is 0 Å². The maximum atomic E-state index is 10.6. The predicted octanol–water partition coefficient (Wildman–Crippen LogP) is 4.07. The lowest BCUT2D eigenvalue weighted by atomic mass is 9.98. The van der Waals surface area contributed by atoms with Gasteiger partial charge in [-0.15, -0.1) is 0 Å². The molecule has 0 saturated heterocycles. The molecule has 1 heteroatoms. The van der Waals surface area contributed by atoms with Gasteiger partial charge in [-0.25, -0.2) is 0 Å². The monoisotopic (exact) mass is 206 g/mol. The van der Waals surface area contributed by atoms with E-state index in [0.29, 0.717) is 5.92 Å². The summed E-state index contributed by atoms with van der Waals surface area (Å²) in [5.74, 6) is 0.700. The average molecular weight is 206 g/mol. The average Bonchev–Trinajstić information content (AvgIpc) is 2.28. The predicted molar refractivity (Wildman–Crippen MR) is 66.8 cm³/mol. The highest BCUT2D eigenvalue weighted by Gasteiger charge is 2.00. The molecule has 1 unspecified atom stereocenters. The molecule has 0 aliphatic carbocycles. The van der Waals surface area contributed by atoms with Gasteiger partial charge in [0.25, 0.3) is 0 Å². The first-order chi connectivity index (χ1) is 7.17. The molecule has 0 saturated carbocycles. The normalized spacial score (nSPS) is 15.7. The molecule has 0 aromatic rings. The van der Waals surface area contributed by atoms with E-state index in [2.05, 4.69) is 19.9 Å². The Balaban J connectivity index is 4.41. The Hall–Kier alpha value is -1.11. The largest absolute Gasteiger partial charge is 0.298 e. The van der Waals surface area contributed by atoms with Crippen LogP contribution in [0.1, 0.15) is 40.5 Å². The van der Waals surface area contributed by atoms with E-state index in [4.69, 9.17) is 0 Å². The zero-order valence-electron chi connectivity index (χ0n) is 10.3. The van der Waals surface area contributed by atoms with Crippen LogP contribution in [-0.2, 0) is 4.79 Å². The number of carbonyl (C=O) groups excluding carboxylic acids is 1. The summed E-state index contributed by atoms with van der Waals surface area (Å²) in [5, 5.41) is 0. The molecule has 0 radical (unpaired) electrons. The molecule has 0 aromatic carbocycles. The van der Waals surface area contributed by atoms with Crippen molar-refractivity contribution in [1.29, 1.82) is 0 Å². The molecule has 0 bridgehead atoms.